The molecule has 0 aliphatic carbocycles. The predicted molar refractivity (Wildman–Crippen MR) is 114 cm³/mol. The van der Waals surface area contributed by atoms with Gasteiger partial charge in [-0.15, -0.1) is 11.3 Å². The number of hydrogen-bond acceptors (Lipinski definition) is 6. The van der Waals surface area contributed by atoms with Gasteiger partial charge in [-0.2, -0.15) is 0 Å². The predicted octanol–water partition coefficient (Wildman–Crippen LogP) is 3.23. The number of methoxy groups -OCH3 is 1. The van der Waals surface area contributed by atoms with Gasteiger partial charge >= 0.3 is 5.97 Å². The van der Waals surface area contributed by atoms with Crippen molar-refractivity contribution in [1.29, 1.82) is 0 Å². The molecule has 5 nitrogen and oxygen atoms in total. The number of fused-ring (bicyclic) bond motifs is 1. The number of allylic oxidation sites excluding steroid dienone is 1. The van der Waals surface area contributed by atoms with Crippen molar-refractivity contribution in [2.45, 2.75) is 13.0 Å². The standard InChI is InChI=1S/C20H15BrN2O3S2/c1-11-16(19(25)26-2)17(14-4-3-9-27-14)23-18(24)15(28-20(23)22-11)10-12-5-7-13(21)8-6-12/h3-10,17H,1-2H3/b15-10+/t17-/m1/s1. The molecule has 0 saturated heterocycles. The summed E-state index contributed by atoms with van der Waals surface area (Å²) in [4.78, 5) is 31.7. The molecule has 8 heteroatoms. The Bertz CT molecular complexity index is 1250. The average Bonchev–Trinajstić information content (AvgIpc) is 3.31. The molecule has 0 fully saturated rings. The summed E-state index contributed by atoms with van der Waals surface area (Å²) >= 11 is 6.23. The van der Waals surface area contributed by atoms with Gasteiger partial charge in [0.15, 0.2) is 4.80 Å². The second-order valence-electron chi connectivity index (χ2n) is 6.14. The van der Waals surface area contributed by atoms with Gasteiger partial charge in [0.2, 0.25) is 0 Å². The van der Waals surface area contributed by atoms with Crippen LogP contribution in [0, 0.1) is 0 Å². The number of halogens is 1. The first-order valence-corrected chi connectivity index (χ1v) is 10.9. The SMILES string of the molecule is COC(=O)C1=C(C)N=c2s/c(=C/c3ccc(Br)cc3)c(=O)n2[C@@H]1c1cccs1. The Hall–Kier alpha value is -2.29. The third kappa shape index (κ3) is 3.32. The summed E-state index contributed by atoms with van der Waals surface area (Å²) in [5.41, 5.74) is 1.72. The molecule has 0 bridgehead atoms. The van der Waals surface area contributed by atoms with E-state index in [1.807, 2.05) is 47.9 Å². The fraction of sp³-hybridized carbons (Fsp3) is 0.150. The van der Waals surface area contributed by atoms with Crippen LogP contribution in [-0.4, -0.2) is 17.6 Å². The van der Waals surface area contributed by atoms with Crippen LogP contribution in [0.1, 0.15) is 23.4 Å². The van der Waals surface area contributed by atoms with Crippen LogP contribution in [0.15, 0.2) is 67.3 Å². The number of thiazole rings is 1. The maximum atomic E-state index is 13.3. The number of ether oxygens (including phenoxy) is 1. The second kappa shape index (κ2) is 7.62. The molecule has 142 valence electrons. The molecular weight excluding hydrogens is 460 g/mol. The highest BCUT2D eigenvalue weighted by Gasteiger charge is 2.33. The molecule has 0 N–H and O–H groups in total. The number of thiophene rings is 1. The minimum Gasteiger partial charge on any atom is -0.466 e. The molecule has 0 unspecified atom stereocenters. The summed E-state index contributed by atoms with van der Waals surface area (Å²) in [7, 11) is 1.34. The Morgan fingerprint density at radius 1 is 1.29 bits per heavy atom. The van der Waals surface area contributed by atoms with Gasteiger partial charge < -0.3 is 4.74 Å². The number of aromatic nitrogens is 1. The van der Waals surface area contributed by atoms with Crippen LogP contribution in [0.3, 0.4) is 0 Å². The molecule has 0 radical (unpaired) electrons. The maximum Gasteiger partial charge on any atom is 0.338 e. The molecule has 0 saturated carbocycles. The van der Waals surface area contributed by atoms with Crippen LogP contribution < -0.4 is 14.9 Å². The normalized spacial score (nSPS) is 16.7. The first-order valence-electron chi connectivity index (χ1n) is 8.39. The largest absolute Gasteiger partial charge is 0.466 e. The molecule has 0 amide bonds. The van der Waals surface area contributed by atoms with Gasteiger partial charge in [-0.3, -0.25) is 9.36 Å². The molecule has 2 aromatic heterocycles. The van der Waals surface area contributed by atoms with Crippen molar-refractivity contribution in [3.05, 3.63) is 87.6 Å². The summed E-state index contributed by atoms with van der Waals surface area (Å²) in [6.07, 6.45) is 1.85. The van der Waals surface area contributed by atoms with Gasteiger partial charge in [-0.1, -0.05) is 45.5 Å². The lowest BCUT2D eigenvalue weighted by Crippen LogP contribution is -2.39. The average molecular weight is 475 g/mol. The molecule has 1 aliphatic rings. The zero-order valence-corrected chi connectivity index (χ0v) is 18.2. The molecule has 3 heterocycles. The van der Waals surface area contributed by atoms with Crippen molar-refractivity contribution in [3.8, 4) is 0 Å². The molecule has 28 heavy (non-hydrogen) atoms. The second-order valence-corrected chi connectivity index (χ2v) is 9.04. The summed E-state index contributed by atoms with van der Waals surface area (Å²) in [5, 5.41) is 1.93. The Labute approximate surface area is 177 Å². The first kappa shape index (κ1) is 19.0. The highest BCUT2D eigenvalue weighted by molar-refractivity contribution is 9.10. The van der Waals surface area contributed by atoms with Crippen LogP contribution in [-0.2, 0) is 9.53 Å². The van der Waals surface area contributed by atoms with Crippen LogP contribution in [0.2, 0.25) is 0 Å². The van der Waals surface area contributed by atoms with Gasteiger partial charge in [0, 0.05) is 9.35 Å². The zero-order valence-electron chi connectivity index (χ0n) is 15.0. The number of benzene rings is 1. The van der Waals surface area contributed by atoms with E-state index in [0.717, 1.165) is 14.9 Å². The minimum atomic E-state index is -0.532. The van der Waals surface area contributed by atoms with Crippen molar-refractivity contribution in [2.75, 3.05) is 7.11 Å². The summed E-state index contributed by atoms with van der Waals surface area (Å²) < 4.78 is 8.12. The van der Waals surface area contributed by atoms with E-state index < -0.39 is 12.0 Å². The van der Waals surface area contributed by atoms with Crippen molar-refractivity contribution in [2.24, 2.45) is 4.99 Å². The lowest BCUT2D eigenvalue weighted by molar-refractivity contribution is -0.136. The van der Waals surface area contributed by atoms with Crippen molar-refractivity contribution >= 4 is 50.6 Å². The van der Waals surface area contributed by atoms with Crippen molar-refractivity contribution < 1.29 is 9.53 Å². The van der Waals surface area contributed by atoms with Crippen molar-refractivity contribution in [1.82, 2.24) is 4.57 Å². The smallest absolute Gasteiger partial charge is 0.338 e. The summed E-state index contributed by atoms with van der Waals surface area (Å²) in [6.45, 7) is 1.78. The van der Waals surface area contributed by atoms with Gasteiger partial charge in [-0.25, -0.2) is 9.79 Å². The molecule has 3 aromatic rings. The van der Waals surface area contributed by atoms with E-state index in [-0.39, 0.29) is 5.56 Å². The van der Waals surface area contributed by atoms with Gasteiger partial charge in [0.1, 0.15) is 6.04 Å². The third-order valence-electron chi connectivity index (χ3n) is 4.41. The lowest BCUT2D eigenvalue weighted by atomic mass is 10.0. The van der Waals surface area contributed by atoms with Gasteiger partial charge in [0.05, 0.1) is 22.9 Å². The Morgan fingerprint density at radius 2 is 2.04 bits per heavy atom. The highest BCUT2D eigenvalue weighted by Crippen LogP contribution is 2.32. The molecule has 1 atom stereocenters. The fourth-order valence-electron chi connectivity index (χ4n) is 3.12. The van der Waals surface area contributed by atoms with Crippen LogP contribution in [0.4, 0.5) is 0 Å². The number of hydrogen-bond donors (Lipinski definition) is 0. The molecule has 0 spiro atoms. The topological polar surface area (TPSA) is 60.7 Å². The van der Waals surface area contributed by atoms with Crippen molar-refractivity contribution in [3.63, 3.8) is 0 Å². The number of carbonyl (C=O) groups excluding carboxylic acids is 1. The highest BCUT2D eigenvalue weighted by atomic mass is 79.9. The molecule has 1 aromatic carbocycles. The molecular formula is C20H15BrN2O3S2. The van der Waals surface area contributed by atoms with Crippen LogP contribution in [0.25, 0.3) is 6.08 Å². The Balaban J connectivity index is 1.96. The van der Waals surface area contributed by atoms with Crippen LogP contribution >= 0.6 is 38.6 Å². The van der Waals surface area contributed by atoms with E-state index in [1.54, 1.807) is 11.5 Å². The number of esters is 1. The summed E-state index contributed by atoms with van der Waals surface area (Å²) in [5.74, 6) is -0.471. The Morgan fingerprint density at radius 3 is 2.68 bits per heavy atom. The van der Waals surface area contributed by atoms with E-state index in [2.05, 4.69) is 20.9 Å². The van der Waals surface area contributed by atoms with E-state index >= 15 is 0 Å². The number of rotatable bonds is 3. The maximum absolute atomic E-state index is 13.3. The van der Waals surface area contributed by atoms with E-state index in [4.69, 9.17) is 4.74 Å². The summed E-state index contributed by atoms with van der Waals surface area (Å²) in [6, 6.07) is 11.0. The van der Waals surface area contributed by atoms with E-state index in [0.29, 0.717) is 20.6 Å². The van der Waals surface area contributed by atoms with Gasteiger partial charge in [0.25, 0.3) is 5.56 Å². The molecule has 4 rings (SSSR count). The fourth-order valence-corrected chi connectivity index (χ4v) is 5.25. The van der Waals surface area contributed by atoms with Gasteiger partial charge in [-0.05, 0) is 42.1 Å². The Kier molecular flexibility index (Phi) is 5.18. The van der Waals surface area contributed by atoms with E-state index in [9.17, 15) is 9.59 Å². The van der Waals surface area contributed by atoms with Crippen LogP contribution in [0.5, 0.6) is 0 Å². The molecule has 1 aliphatic heterocycles. The first-order chi connectivity index (χ1) is 13.5. The monoisotopic (exact) mass is 474 g/mol. The number of nitrogens with zero attached hydrogens (tertiary/aromatic N) is 2. The van der Waals surface area contributed by atoms with E-state index in [1.165, 1.54) is 29.8 Å². The third-order valence-corrected chi connectivity index (χ3v) is 6.84. The zero-order chi connectivity index (χ0) is 19.8. The number of carbonyl (C=O) groups is 1. The quantitative estimate of drug-likeness (QED) is 0.547. The minimum absolute atomic E-state index is 0.168. The lowest BCUT2D eigenvalue weighted by Gasteiger charge is -2.22.